The summed E-state index contributed by atoms with van der Waals surface area (Å²) in [4.78, 5) is 30.3. The number of hydrogen-bond donors (Lipinski definition) is 0. The molecule has 19 heavy (non-hydrogen) atoms. The van der Waals surface area contributed by atoms with Gasteiger partial charge in [-0.15, -0.1) is 11.8 Å². The smallest absolute Gasteiger partial charge is 0.328 e. The van der Waals surface area contributed by atoms with Crippen LogP contribution in [0.1, 0.15) is 12.8 Å². The van der Waals surface area contributed by atoms with E-state index >= 15 is 0 Å². The highest BCUT2D eigenvalue weighted by Crippen LogP contribution is 2.22. The lowest BCUT2D eigenvalue weighted by Gasteiger charge is -2.22. The van der Waals surface area contributed by atoms with Gasteiger partial charge in [0.25, 0.3) is 0 Å². The fourth-order valence-corrected chi connectivity index (χ4v) is 2.88. The van der Waals surface area contributed by atoms with Gasteiger partial charge in [0, 0.05) is 23.8 Å². The highest BCUT2D eigenvalue weighted by molar-refractivity contribution is 8.00. The number of ether oxygens (including phenoxy) is 1. The molecule has 1 aliphatic rings. The first kappa shape index (κ1) is 13.9. The molecule has 0 aliphatic carbocycles. The first-order valence-corrected chi connectivity index (χ1v) is 7.11. The van der Waals surface area contributed by atoms with Gasteiger partial charge >= 0.3 is 5.97 Å². The number of methoxy groups -OCH3 is 1. The molecule has 2 rings (SSSR count). The minimum Gasteiger partial charge on any atom is -0.467 e. The minimum atomic E-state index is -0.407. The number of likely N-dealkylation sites (tertiary alicyclic amines) is 1. The monoisotopic (exact) mass is 280 g/mol. The van der Waals surface area contributed by atoms with Crippen LogP contribution in [0, 0.1) is 0 Å². The molecule has 102 valence electrons. The van der Waals surface area contributed by atoms with E-state index in [0.29, 0.717) is 18.7 Å². The lowest BCUT2D eigenvalue weighted by atomic mass is 10.2. The molecule has 1 amide bonds. The fraction of sp³-hybridized carbons (Fsp3) is 0.462. The second kappa shape index (κ2) is 6.56. The van der Waals surface area contributed by atoms with Crippen molar-refractivity contribution in [3.63, 3.8) is 0 Å². The summed E-state index contributed by atoms with van der Waals surface area (Å²) in [6.45, 7) is 0.634. The lowest BCUT2D eigenvalue weighted by molar-refractivity contribution is -0.150. The Bertz CT molecular complexity index is 452. The molecule has 0 aromatic carbocycles. The number of carbonyl (C=O) groups excluding carboxylic acids is 2. The Morgan fingerprint density at radius 2 is 2.21 bits per heavy atom. The highest BCUT2D eigenvalue weighted by atomic mass is 32.2. The normalized spacial score (nSPS) is 18.4. The van der Waals surface area contributed by atoms with Gasteiger partial charge in [0.05, 0.1) is 12.9 Å². The van der Waals surface area contributed by atoms with Gasteiger partial charge in [-0.3, -0.25) is 9.78 Å². The molecule has 1 aromatic heterocycles. The van der Waals surface area contributed by atoms with E-state index in [-0.39, 0.29) is 11.9 Å². The molecule has 6 heteroatoms. The molecular formula is C13H16N2O3S. The molecule has 1 atom stereocenters. The zero-order valence-electron chi connectivity index (χ0n) is 10.7. The number of amides is 1. The number of hydrogen-bond acceptors (Lipinski definition) is 5. The first-order chi connectivity index (χ1) is 9.22. The maximum absolute atomic E-state index is 12.1. The molecule has 1 saturated heterocycles. The number of carbonyl (C=O) groups is 2. The molecule has 5 nitrogen and oxygen atoms in total. The number of pyridine rings is 1. The van der Waals surface area contributed by atoms with Crippen LogP contribution in [0.2, 0.25) is 0 Å². The molecular weight excluding hydrogens is 264 g/mol. The van der Waals surface area contributed by atoms with Crippen LogP contribution in [0.5, 0.6) is 0 Å². The molecule has 1 fully saturated rings. The Balaban J connectivity index is 1.90. The highest BCUT2D eigenvalue weighted by Gasteiger charge is 2.34. The molecule has 1 unspecified atom stereocenters. The number of rotatable bonds is 4. The molecule has 0 spiro atoms. The van der Waals surface area contributed by atoms with E-state index in [4.69, 9.17) is 4.74 Å². The van der Waals surface area contributed by atoms with Gasteiger partial charge in [0.15, 0.2) is 0 Å². The first-order valence-electron chi connectivity index (χ1n) is 6.12. The van der Waals surface area contributed by atoms with E-state index < -0.39 is 6.04 Å². The average molecular weight is 280 g/mol. The Labute approximate surface area is 116 Å². The molecule has 2 heterocycles. The number of thioether (sulfide) groups is 1. The van der Waals surface area contributed by atoms with E-state index in [9.17, 15) is 9.59 Å². The van der Waals surface area contributed by atoms with Crippen LogP contribution in [0.3, 0.4) is 0 Å². The zero-order chi connectivity index (χ0) is 13.7. The predicted molar refractivity (Wildman–Crippen MR) is 71.7 cm³/mol. The van der Waals surface area contributed by atoms with Crippen LogP contribution >= 0.6 is 11.8 Å². The Kier molecular flexibility index (Phi) is 4.79. The third-order valence-electron chi connectivity index (χ3n) is 3.06. The maximum atomic E-state index is 12.1. The summed E-state index contributed by atoms with van der Waals surface area (Å²) in [5.41, 5.74) is 0. The summed E-state index contributed by atoms with van der Waals surface area (Å²) in [6.07, 6.45) is 4.93. The second-order valence-corrected chi connectivity index (χ2v) is 5.29. The van der Waals surface area contributed by atoms with E-state index in [1.165, 1.54) is 18.9 Å². The topological polar surface area (TPSA) is 59.5 Å². The lowest BCUT2D eigenvalue weighted by Crippen LogP contribution is -2.41. The standard InChI is InChI=1S/C13H16N2O3S/c1-18-13(17)11-3-2-8-15(11)12(16)9-19-10-4-6-14-7-5-10/h4-7,11H,2-3,8-9H2,1H3. The Hall–Kier alpha value is -1.56. The van der Waals surface area contributed by atoms with E-state index in [0.717, 1.165) is 11.3 Å². The van der Waals surface area contributed by atoms with Gasteiger partial charge in [-0.2, -0.15) is 0 Å². The third kappa shape index (κ3) is 3.47. The molecule has 0 bridgehead atoms. The van der Waals surface area contributed by atoms with Gasteiger partial charge < -0.3 is 9.64 Å². The molecule has 0 N–H and O–H groups in total. The summed E-state index contributed by atoms with van der Waals surface area (Å²) in [7, 11) is 1.36. The van der Waals surface area contributed by atoms with Crippen LogP contribution in [-0.4, -0.2) is 47.2 Å². The zero-order valence-corrected chi connectivity index (χ0v) is 11.6. The quantitative estimate of drug-likeness (QED) is 0.615. The molecule has 1 aromatic rings. The number of aromatic nitrogens is 1. The maximum Gasteiger partial charge on any atom is 0.328 e. The van der Waals surface area contributed by atoms with E-state index in [1.54, 1.807) is 17.3 Å². The largest absolute Gasteiger partial charge is 0.467 e. The van der Waals surface area contributed by atoms with Crippen molar-refractivity contribution in [3.8, 4) is 0 Å². The summed E-state index contributed by atoms with van der Waals surface area (Å²) in [5.74, 6) is -0.00759. The molecule has 0 radical (unpaired) electrons. The van der Waals surface area contributed by atoms with Crippen molar-refractivity contribution in [3.05, 3.63) is 24.5 Å². The van der Waals surface area contributed by atoms with Crippen molar-refractivity contribution >= 4 is 23.6 Å². The van der Waals surface area contributed by atoms with Crippen LogP contribution in [-0.2, 0) is 14.3 Å². The number of esters is 1. The van der Waals surface area contributed by atoms with Crippen molar-refractivity contribution in [1.82, 2.24) is 9.88 Å². The SMILES string of the molecule is COC(=O)C1CCCN1C(=O)CSc1ccncc1. The van der Waals surface area contributed by atoms with Crippen molar-refractivity contribution in [2.24, 2.45) is 0 Å². The summed E-state index contributed by atoms with van der Waals surface area (Å²) in [5, 5.41) is 0. The predicted octanol–water partition coefficient (Wildman–Crippen LogP) is 1.34. The van der Waals surface area contributed by atoms with Crippen molar-refractivity contribution in [1.29, 1.82) is 0 Å². The van der Waals surface area contributed by atoms with Crippen LogP contribution in [0.15, 0.2) is 29.4 Å². The average Bonchev–Trinajstić information content (AvgIpc) is 2.94. The van der Waals surface area contributed by atoms with Crippen LogP contribution in [0.25, 0.3) is 0 Å². The van der Waals surface area contributed by atoms with Gasteiger partial charge in [-0.25, -0.2) is 4.79 Å². The fourth-order valence-electron chi connectivity index (χ4n) is 2.11. The van der Waals surface area contributed by atoms with E-state index in [1.807, 2.05) is 12.1 Å². The third-order valence-corrected chi connectivity index (χ3v) is 4.06. The van der Waals surface area contributed by atoms with Crippen molar-refractivity contribution < 1.29 is 14.3 Å². The van der Waals surface area contributed by atoms with Gasteiger partial charge in [0.1, 0.15) is 6.04 Å². The number of nitrogens with zero attached hydrogens (tertiary/aromatic N) is 2. The van der Waals surface area contributed by atoms with Gasteiger partial charge in [0.2, 0.25) is 5.91 Å². The van der Waals surface area contributed by atoms with E-state index in [2.05, 4.69) is 4.98 Å². The Morgan fingerprint density at radius 1 is 1.47 bits per heavy atom. The minimum absolute atomic E-state index is 0.0188. The second-order valence-electron chi connectivity index (χ2n) is 4.24. The Morgan fingerprint density at radius 3 is 2.89 bits per heavy atom. The van der Waals surface area contributed by atoms with Gasteiger partial charge in [-0.05, 0) is 25.0 Å². The van der Waals surface area contributed by atoms with Crippen molar-refractivity contribution in [2.75, 3.05) is 19.4 Å². The van der Waals surface area contributed by atoms with Crippen LogP contribution < -0.4 is 0 Å². The molecule has 1 aliphatic heterocycles. The van der Waals surface area contributed by atoms with Crippen LogP contribution in [0.4, 0.5) is 0 Å². The summed E-state index contributed by atoms with van der Waals surface area (Å²) >= 11 is 1.45. The summed E-state index contributed by atoms with van der Waals surface area (Å²) < 4.78 is 4.73. The molecule has 0 saturated carbocycles. The van der Waals surface area contributed by atoms with Gasteiger partial charge in [-0.1, -0.05) is 0 Å². The van der Waals surface area contributed by atoms with Crippen molar-refractivity contribution in [2.45, 2.75) is 23.8 Å². The summed E-state index contributed by atoms with van der Waals surface area (Å²) in [6, 6.07) is 3.31.